The van der Waals surface area contributed by atoms with Crippen molar-refractivity contribution in [2.24, 2.45) is 5.41 Å². The van der Waals surface area contributed by atoms with Gasteiger partial charge in [0, 0.05) is 25.7 Å². The van der Waals surface area contributed by atoms with E-state index in [0.717, 1.165) is 42.8 Å². The number of aliphatic hydroxyl groups excluding tert-OH is 1. The lowest BCUT2D eigenvalue weighted by Crippen LogP contribution is -2.61. The average Bonchev–Trinajstić information content (AvgIpc) is 2.98. The first-order valence-electron chi connectivity index (χ1n) is 9.66. The molecular formula is C20H28N4O2. The van der Waals surface area contributed by atoms with Crippen LogP contribution in [0.1, 0.15) is 45.0 Å². The second kappa shape index (κ2) is 6.67. The molecule has 3 heterocycles. The Bertz CT molecular complexity index is 815. The molecule has 6 nitrogen and oxygen atoms in total. The van der Waals surface area contributed by atoms with E-state index in [1.54, 1.807) is 0 Å². The molecule has 0 unspecified atom stereocenters. The molecule has 2 aromatic rings. The summed E-state index contributed by atoms with van der Waals surface area (Å²) in [6.07, 6.45) is 1.77. The van der Waals surface area contributed by atoms with Gasteiger partial charge in [0.25, 0.3) is 0 Å². The van der Waals surface area contributed by atoms with Crippen LogP contribution in [0.2, 0.25) is 0 Å². The van der Waals surface area contributed by atoms with Gasteiger partial charge < -0.3 is 15.0 Å². The maximum absolute atomic E-state index is 12.6. The van der Waals surface area contributed by atoms with Gasteiger partial charge in [0.1, 0.15) is 5.82 Å². The third-order valence-corrected chi connectivity index (χ3v) is 5.95. The first-order valence-corrected chi connectivity index (χ1v) is 9.66. The van der Waals surface area contributed by atoms with Crippen LogP contribution >= 0.6 is 0 Å². The molecule has 1 spiro atoms. The summed E-state index contributed by atoms with van der Waals surface area (Å²) in [6, 6.07) is 8.54. The van der Waals surface area contributed by atoms with Crippen molar-refractivity contribution in [1.29, 1.82) is 0 Å². The van der Waals surface area contributed by atoms with Crippen molar-refractivity contribution in [3.63, 3.8) is 0 Å². The molecule has 1 amide bonds. The maximum atomic E-state index is 12.6. The molecule has 1 aromatic heterocycles. The summed E-state index contributed by atoms with van der Waals surface area (Å²) < 4.78 is 2.29. The zero-order valence-corrected chi connectivity index (χ0v) is 15.6. The van der Waals surface area contributed by atoms with Crippen molar-refractivity contribution in [2.75, 3.05) is 19.6 Å². The molecule has 4 rings (SSSR count). The molecule has 1 aromatic carbocycles. The predicted octanol–water partition coefficient (Wildman–Crippen LogP) is 2.08. The number of hydrogen-bond acceptors (Lipinski definition) is 4. The minimum absolute atomic E-state index is 0.0123. The Kier molecular flexibility index (Phi) is 4.49. The number of piperidine rings is 2. The number of fused-ring (bicyclic) bond motifs is 1. The Hall–Kier alpha value is -1.92. The van der Waals surface area contributed by atoms with E-state index in [1.165, 1.54) is 0 Å². The average molecular weight is 356 g/mol. The molecule has 2 aliphatic heterocycles. The fourth-order valence-electron chi connectivity index (χ4n) is 4.65. The van der Waals surface area contributed by atoms with Gasteiger partial charge in [0.2, 0.25) is 5.91 Å². The summed E-state index contributed by atoms with van der Waals surface area (Å²) in [5, 5.41) is 13.5. The Labute approximate surface area is 154 Å². The number of amides is 1. The molecule has 140 valence electrons. The van der Waals surface area contributed by atoms with E-state index in [4.69, 9.17) is 4.98 Å². The van der Waals surface area contributed by atoms with Crippen LogP contribution < -0.4 is 5.32 Å². The second-order valence-electron chi connectivity index (χ2n) is 8.01. The lowest BCUT2D eigenvalue weighted by Gasteiger charge is -2.46. The summed E-state index contributed by atoms with van der Waals surface area (Å²) in [4.78, 5) is 19.7. The van der Waals surface area contributed by atoms with Crippen molar-refractivity contribution in [2.45, 2.75) is 51.8 Å². The number of para-hydroxylation sites is 2. The Balaban J connectivity index is 1.62. The largest absolute Gasteiger partial charge is 0.392 e. The van der Waals surface area contributed by atoms with Crippen LogP contribution in [-0.4, -0.2) is 51.2 Å². The van der Waals surface area contributed by atoms with Gasteiger partial charge >= 0.3 is 0 Å². The van der Waals surface area contributed by atoms with E-state index >= 15 is 0 Å². The number of nitrogens with zero attached hydrogens (tertiary/aromatic N) is 3. The van der Waals surface area contributed by atoms with Crippen LogP contribution in [0.4, 0.5) is 0 Å². The predicted molar refractivity (Wildman–Crippen MR) is 101 cm³/mol. The number of carbonyl (C=O) groups excluding carboxylic acids is 1. The standard InChI is InChI=1S/C20H28N4O2/c1-14(2)24-16-7-4-3-6-15(16)22-18(24)12-23-11-8-17(25)20(13-23)9-5-10-21-19(20)26/h3-4,6-7,14,17,25H,5,8-13H2,1-2H3,(H,21,26)/t17-,20+/m0/s1. The third-order valence-electron chi connectivity index (χ3n) is 5.95. The van der Waals surface area contributed by atoms with Gasteiger partial charge in [0.05, 0.1) is 29.1 Å². The molecule has 6 heteroatoms. The Morgan fingerprint density at radius 3 is 2.96 bits per heavy atom. The lowest BCUT2D eigenvalue weighted by atomic mass is 9.71. The highest BCUT2D eigenvalue weighted by molar-refractivity contribution is 5.84. The van der Waals surface area contributed by atoms with Gasteiger partial charge in [-0.1, -0.05) is 12.1 Å². The Morgan fingerprint density at radius 2 is 2.19 bits per heavy atom. The SMILES string of the molecule is CC(C)n1c(CN2CC[C@H](O)[C@@]3(CCCNC3=O)C2)nc2ccccc21. The molecule has 2 fully saturated rings. The molecule has 0 radical (unpaired) electrons. The number of rotatable bonds is 3. The molecule has 0 aliphatic carbocycles. The monoisotopic (exact) mass is 356 g/mol. The first kappa shape index (κ1) is 17.5. The van der Waals surface area contributed by atoms with E-state index < -0.39 is 11.5 Å². The Morgan fingerprint density at radius 1 is 1.38 bits per heavy atom. The van der Waals surface area contributed by atoms with Gasteiger partial charge in [-0.15, -0.1) is 0 Å². The molecule has 2 N–H and O–H groups in total. The topological polar surface area (TPSA) is 70.4 Å². The van der Waals surface area contributed by atoms with Crippen LogP contribution in [-0.2, 0) is 11.3 Å². The third kappa shape index (κ3) is 2.81. The summed E-state index contributed by atoms with van der Waals surface area (Å²) in [7, 11) is 0. The lowest BCUT2D eigenvalue weighted by molar-refractivity contribution is -0.149. The van der Waals surface area contributed by atoms with Crippen LogP contribution in [0.3, 0.4) is 0 Å². The number of carbonyl (C=O) groups is 1. The highest BCUT2D eigenvalue weighted by atomic mass is 16.3. The number of nitrogens with one attached hydrogen (secondary N) is 1. The number of imidazole rings is 1. The van der Waals surface area contributed by atoms with Crippen molar-refractivity contribution in [3.05, 3.63) is 30.1 Å². The van der Waals surface area contributed by atoms with Crippen LogP contribution in [0.25, 0.3) is 11.0 Å². The van der Waals surface area contributed by atoms with E-state index in [2.05, 4.69) is 34.7 Å². The van der Waals surface area contributed by atoms with Gasteiger partial charge in [-0.3, -0.25) is 9.69 Å². The van der Waals surface area contributed by atoms with Crippen LogP contribution in [0.5, 0.6) is 0 Å². The minimum Gasteiger partial charge on any atom is -0.392 e. The van der Waals surface area contributed by atoms with Crippen molar-refractivity contribution >= 4 is 16.9 Å². The van der Waals surface area contributed by atoms with E-state index in [-0.39, 0.29) is 5.91 Å². The fourth-order valence-corrected chi connectivity index (χ4v) is 4.65. The fraction of sp³-hybridized carbons (Fsp3) is 0.600. The van der Waals surface area contributed by atoms with E-state index in [9.17, 15) is 9.90 Å². The van der Waals surface area contributed by atoms with E-state index in [0.29, 0.717) is 25.6 Å². The van der Waals surface area contributed by atoms with E-state index in [1.807, 2.05) is 18.2 Å². The first-order chi connectivity index (χ1) is 12.5. The summed E-state index contributed by atoms with van der Waals surface area (Å²) >= 11 is 0. The summed E-state index contributed by atoms with van der Waals surface area (Å²) in [5.74, 6) is 1.04. The highest BCUT2D eigenvalue weighted by Crippen LogP contribution is 2.38. The number of aromatic nitrogens is 2. The molecule has 2 aliphatic rings. The minimum atomic E-state index is -0.662. The quantitative estimate of drug-likeness (QED) is 0.883. The van der Waals surface area contributed by atoms with Crippen LogP contribution in [0, 0.1) is 5.41 Å². The van der Waals surface area contributed by atoms with Gasteiger partial charge in [-0.25, -0.2) is 4.98 Å². The maximum Gasteiger partial charge on any atom is 0.230 e. The highest BCUT2D eigenvalue weighted by Gasteiger charge is 2.49. The molecule has 26 heavy (non-hydrogen) atoms. The molecule has 0 saturated carbocycles. The van der Waals surface area contributed by atoms with Gasteiger partial charge in [-0.05, 0) is 45.2 Å². The van der Waals surface area contributed by atoms with Crippen molar-refractivity contribution < 1.29 is 9.90 Å². The molecule has 0 bridgehead atoms. The second-order valence-corrected chi connectivity index (χ2v) is 8.01. The zero-order valence-electron chi connectivity index (χ0n) is 15.6. The molecule has 2 atom stereocenters. The smallest absolute Gasteiger partial charge is 0.230 e. The molecule has 2 saturated heterocycles. The normalized spacial score (nSPS) is 27.4. The van der Waals surface area contributed by atoms with Gasteiger partial charge in [0.15, 0.2) is 0 Å². The van der Waals surface area contributed by atoms with Crippen LogP contribution in [0.15, 0.2) is 24.3 Å². The van der Waals surface area contributed by atoms with Crippen molar-refractivity contribution in [1.82, 2.24) is 19.8 Å². The number of aliphatic hydroxyl groups is 1. The number of hydrogen-bond donors (Lipinski definition) is 2. The van der Waals surface area contributed by atoms with Crippen molar-refractivity contribution in [3.8, 4) is 0 Å². The summed E-state index contributed by atoms with van der Waals surface area (Å²) in [6.45, 7) is 7.16. The molecular weight excluding hydrogens is 328 g/mol. The number of benzene rings is 1. The number of likely N-dealkylation sites (tertiary alicyclic amines) is 1. The summed E-state index contributed by atoms with van der Waals surface area (Å²) in [5.41, 5.74) is 1.50. The van der Waals surface area contributed by atoms with Gasteiger partial charge in [-0.2, -0.15) is 0 Å². The zero-order chi connectivity index (χ0) is 18.3.